The molecule has 0 bridgehead atoms. The van der Waals surface area contributed by atoms with Crippen LogP contribution in [0.4, 0.5) is 0 Å². The van der Waals surface area contributed by atoms with Crippen molar-refractivity contribution in [2.75, 3.05) is 12.4 Å². The highest BCUT2D eigenvalue weighted by Crippen LogP contribution is 2.20. The minimum absolute atomic E-state index is 0.0840. The number of aliphatic carboxylic acids is 1. The topological polar surface area (TPSA) is 73.5 Å². The second-order valence-electron chi connectivity index (χ2n) is 4.27. The third-order valence-corrected chi connectivity index (χ3v) is 3.44. The van der Waals surface area contributed by atoms with Gasteiger partial charge in [0.1, 0.15) is 5.75 Å². The Kier molecular flexibility index (Phi) is 4.49. The van der Waals surface area contributed by atoms with Crippen molar-refractivity contribution in [3.63, 3.8) is 0 Å². The summed E-state index contributed by atoms with van der Waals surface area (Å²) in [6, 6.07) is 5.33. The summed E-state index contributed by atoms with van der Waals surface area (Å²) in [5.74, 6) is -0.261. The van der Waals surface area contributed by atoms with E-state index in [1.165, 1.54) is 4.57 Å². The molecule has 0 aliphatic carbocycles. The summed E-state index contributed by atoms with van der Waals surface area (Å²) in [5.41, 5.74) is 1.27. The van der Waals surface area contributed by atoms with Gasteiger partial charge in [-0.1, -0.05) is 15.9 Å². The number of imidazole rings is 1. The number of nitrogens with zero attached hydrogens (tertiary/aromatic N) is 2. The highest BCUT2D eigenvalue weighted by atomic mass is 79.9. The second kappa shape index (κ2) is 6.13. The van der Waals surface area contributed by atoms with Gasteiger partial charge in [-0.3, -0.25) is 13.9 Å². The largest absolute Gasteiger partial charge is 0.497 e. The lowest BCUT2D eigenvalue weighted by molar-refractivity contribution is -0.137. The number of carboxylic acid groups (broad SMARTS) is 1. The Morgan fingerprint density at radius 1 is 1.30 bits per heavy atom. The lowest BCUT2D eigenvalue weighted by Crippen LogP contribution is -2.25. The number of hydrogen-bond donors (Lipinski definition) is 1. The molecule has 20 heavy (non-hydrogen) atoms. The molecule has 0 unspecified atom stereocenters. The monoisotopic (exact) mass is 342 g/mol. The van der Waals surface area contributed by atoms with E-state index in [1.807, 2.05) is 0 Å². The molecule has 0 radical (unpaired) electrons. The summed E-state index contributed by atoms with van der Waals surface area (Å²) in [5, 5.41) is 9.42. The van der Waals surface area contributed by atoms with Crippen molar-refractivity contribution in [1.29, 1.82) is 0 Å². The van der Waals surface area contributed by atoms with E-state index in [-0.39, 0.29) is 18.7 Å². The van der Waals surface area contributed by atoms with Crippen molar-refractivity contribution >= 4 is 32.9 Å². The van der Waals surface area contributed by atoms with Gasteiger partial charge in [-0.25, -0.2) is 4.79 Å². The van der Waals surface area contributed by atoms with Gasteiger partial charge in [-0.05, 0) is 12.1 Å². The zero-order valence-corrected chi connectivity index (χ0v) is 12.6. The Morgan fingerprint density at radius 2 is 2.00 bits per heavy atom. The molecule has 2 rings (SSSR count). The molecule has 0 saturated carbocycles. The molecule has 1 heterocycles. The van der Waals surface area contributed by atoms with Crippen LogP contribution in [0.25, 0.3) is 11.0 Å². The summed E-state index contributed by atoms with van der Waals surface area (Å²) in [6.07, 6.45) is -0.0840. The molecule has 0 aliphatic heterocycles. The number of hydrogen-bond acceptors (Lipinski definition) is 3. The molecule has 0 atom stereocenters. The maximum Gasteiger partial charge on any atom is 0.329 e. The zero-order chi connectivity index (χ0) is 14.7. The molecule has 2 aromatic rings. The summed E-state index contributed by atoms with van der Waals surface area (Å²) in [6.45, 7) is 0.675. The van der Waals surface area contributed by atoms with Crippen LogP contribution >= 0.6 is 15.9 Å². The number of alkyl halides is 1. The molecule has 0 saturated heterocycles. The smallest absolute Gasteiger partial charge is 0.329 e. The molecule has 0 aliphatic rings. The minimum atomic E-state index is -0.924. The Morgan fingerprint density at radius 3 is 2.60 bits per heavy atom. The number of carbonyl (C=O) groups is 1. The van der Waals surface area contributed by atoms with E-state index in [2.05, 4.69) is 15.9 Å². The molecule has 0 amide bonds. The normalized spacial score (nSPS) is 10.9. The second-order valence-corrected chi connectivity index (χ2v) is 5.07. The van der Waals surface area contributed by atoms with Gasteiger partial charge in [0.25, 0.3) is 0 Å². The number of halogens is 1. The molecule has 1 aromatic heterocycles. The van der Waals surface area contributed by atoms with Crippen molar-refractivity contribution in [3.8, 4) is 5.75 Å². The molecule has 1 N–H and O–H groups in total. The van der Waals surface area contributed by atoms with Gasteiger partial charge < -0.3 is 9.84 Å². The first-order chi connectivity index (χ1) is 9.58. The van der Waals surface area contributed by atoms with Crippen LogP contribution in [0, 0.1) is 0 Å². The highest BCUT2D eigenvalue weighted by molar-refractivity contribution is 9.09. The van der Waals surface area contributed by atoms with E-state index in [0.29, 0.717) is 17.6 Å². The van der Waals surface area contributed by atoms with Crippen molar-refractivity contribution in [1.82, 2.24) is 9.13 Å². The fourth-order valence-electron chi connectivity index (χ4n) is 2.15. The molecular formula is C13H15BrN2O4. The van der Waals surface area contributed by atoms with E-state index < -0.39 is 5.97 Å². The first-order valence-electron chi connectivity index (χ1n) is 6.13. The van der Waals surface area contributed by atoms with Crippen molar-refractivity contribution < 1.29 is 14.6 Å². The van der Waals surface area contributed by atoms with Crippen LogP contribution in [0.15, 0.2) is 23.0 Å². The maximum absolute atomic E-state index is 12.4. The van der Waals surface area contributed by atoms with E-state index in [0.717, 1.165) is 11.0 Å². The fourth-order valence-corrected chi connectivity index (χ4v) is 2.51. The number of rotatable bonds is 6. The van der Waals surface area contributed by atoms with Gasteiger partial charge in [0.2, 0.25) is 0 Å². The molecule has 6 nitrogen and oxygen atoms in total. The highest BCUT2D eigenvalue weighted by Gasteiger charge is 2.14. The van der Waals surface area contributed by atoms with Crippen LogP contribution in [0.1, 0.15) is 6.42 Å². The summed E-state index contributed by atoms with van der Waals surface area (Å²) in [4.78, 5) is 23.1. The number of carboxylic acids is 1. The lowest BCUT2D eigenvalue weighted by Gasteiger charge is -2.03. The maximum atomic E-state index is 12.4. The van der Waals surface area contributed by atoms with Crippen LogP contribution in [0.5, 0.6) is 5.75 Å². The number of aromatic nitrogens is 2. The summed E-state index contributed by atoms with van der Waals surface area (Å²) < 4.78 is 8.28. The predicted molar refractivity (Wildman–Crippen MR) is 78.8 cm³/mol. The van der Waals surface area contributed by atoms with Gasteiger partial charge in [-0.2, -0.15) is 0 Å². The Hall–Kier alpha value is -1.76. The predicted octanol–water partition coefficient (Wildman–Crippen LogP) is 1.68. The van der Waals surface area contributed by atoms with Crippen molar-refractivity contribution in [2.24, 2.45) is 0 Å². The van der Waals surface area contributed by atoms with E-state index >= 15 is 0 Å². The van der Waals surface area contributed by atoms with E-state index in [9.17, 15) is 9.59 Å². The van der Waals surface area contributed by atoms with Crippen LogP contribution < -0.4 is 10.4 Å². The Balaban J connectivity index is 2.59. The number of fused-ring (bicyclic) bond motifs is 1. The molecule has 7 heteroatoms. The van der Waals surface area contributed by atoms with Crippen LogP contribution in [0.3, 0.4) is 0 Å². The van der Waals surface area contributed by atoms with E-state index in [1.54, 1.807) is 29.9 Å². The quantitative estimate of drug-likeness (QED) is 0.810. The average molecular weight is 343 g/mol. The van der Waals surface area contributed by atoms with Crippen LogP contribution in [-0.4, -0.2) is 32.6 Å². The molecule has 0 spiro atoms. The number of methoxy groups -OCH3 is 1. The van der Waals surface area contributed by atoms with Gasteiger partial charge >= 0.3 is 11.7 Å². The third-order valence-electron chi connectivity index (χ3n) is 3.08. The minimum Gasteiger partial charge on any atom is -0.497 e. The first kappa shape index (κ1) is 14.6. The van der Waals surface area contributed by atoms with Crippen LogP contribution in [-0.2, 0) is 17.9 Å². The first-order valence-corrected chi connectivity index (χ1v) is 7.25. The Bertz CT molecular complexity index is 689. The SMILES string of the molecule is COc1ccc2c(c1)n(CCBr)c(=O)n2CCC(=O)O. The molecule has 108 valence electrons. The molecular weight excluding hydrogens is 328 g/mol. The summed E-state index contributed by atoms with van der Waals surface area (Å²) >= 11 is 3.32. The summed E-state index contributed by atoms with van der Waals surface area (Å²) in [7, 11) is 1.57. The van der Waals surface area contributed by atoms with Gasteiger partial charge in [-0.15, -0.1) is 0 Å². The van der Waals surface area contributed by atoms with Crippen LogP contribution in [0.2, 0.25) is 0 Å². The zero-order valence-electron chi connectivity index (χ0n) is 11.0. The van der Waals surface area contributed by atoms with E-state index in [4.69, 9.17) is 9.84 Å². The van der Waals surface area contributed by atoms with Gasteiger partial charge in [0, 0.05) is 24.5 Å². The average Bonchev–Trinajstić information content (AvgIpc) is 2.69. The fraction of sp³-hybridized carbons (Fsp3) is 0.385. The third kappa shape index (κ3) is 2.72. The van der Waals surface area contributed by atoms with Crippen molar-refractivity contribution in [2.45, 2.75) is 19.5 Å². The lowest BCUT2D eigenvalue weighted by atomic mass is 10.3. The number of ether oxygens (including phenoxy) is 1. The number of benzene rings is 1. The van der Waals surface area contributed by atoms with Gasteiger partial charge in [0.05, 0.1) is 24.6 Å². The number of aryl methyl sites for hydroxylation is 2. The standard InChI is InChI=1S/C13H15BrN2O4/c1-20-9-2-3-10-11(8-9)16(7-5-14)13(19)15(10)6-4-12(17)18/h2-3,8H,4-7H2,1H3,(H,17,18). The van der Waals surface area contributed by atoms with Crippen molar-refractivity contribution in [3.05, 3.63) is 28.7 Å². The molecule has 1 aromatic carbocycles. The van der Waals surface area contributed by atoms with Gasteiger partial charge in [0.15, 0.2) is 0 Å². The molecule has 0 fully saturated rings. The Labute approximate surface area is 123 Å².